The Morgan fingerprint density at radius 3 is 2.16 bits per heavy atom. The van der Waals surface area contributed by atoms with Crippen molar-refractivity contribution in [1.82, 2.24) is 0 Å². The predicted molar refractivity (Wildman–Crippen MR) is 154 cm³/mol. The monoisotopic (exact) mass is 530 g/mol. The van der Waals surface area contributed by atoms with E-state index in [2.05, 4.69) is 23.5 Å². The minimum Gasteiger partial charge on any atom is -0.322 e. The zero-order chi connectivity index (χ0) is 26.4. The van der Waals surface area contributed by atoms with Crippen LogP contribution in [0.4, 0.5) is 11.4 Å². The number of carbonyl (C=O) groups excluding carboxylic acids is 1. The third kappa shape index (κ3) is 7.02. The summed E-state index contributed by atoms with van der Waals surface area (Å²) < 4.78 is 26.4. The van der Waals surface area contributed by atoms with Gasteiger partial charge < -0.3 is 5.32 Å². The second-order valence-corrected chi connectivity index (χ2v) is 11.9. The summed E-state index contributed by atoms with van der Waals surface area (Å²) in [5, 5.41) is 2.98. The first-order valence-corrected chi connectivity index (χ1v) is 14.7. The van der Waals surface area contributed by atoms with E-state index in [0.29, 0.717) is 11.3 Å². The molecule has 5 nitrogen and oxygen atoms in total. The fraction of sp³-hybridized carbons (Fsp3) is 0.167. The van der Waals surface area contributed by atoms with Gasteiger partial charge in [0.2, 0.25) is 10.0 Å². The summed E-state index contributed by atoms with van der Waals surface area (Å²) in [6, 6.07) is 30.6. The molecule has 37 heavy (non-hydrogen) atoms. The Morgan fingerprint density at radius 2 is 1.51 bits per heavy atom. The van der Waals surface area contributed by atoms with Crippen molar-refractivity contribution in [2.24, 2.45) is 0 Å². The van der Waals surface area contributed by atoms with E-state index in [1.54, 1.807) is 36.0 Å². The fourth-order valence-electron chi connectivity index (χ4n) is 3.95. The highest BCUT2D eigenvalue weighted by molar-refractivity contribution is 7.98. The van der Waals surface area contributed by atoms with Crippen molar-refractivity contribution in [3.05, 3.63) is 125 Å². The van der Waals surface area contributed by atoms with Crippen LogP contribution in [0, 0.1) is 13.8 Å². The van der Waals surface area contributed by atoms with E-state index in [0.717, 1.165) is 28.1 Å². The molecule has 4 aromatic carbocycles. The van der Waals surface area contributed by atoms with Crippen molar-refractivity contribution in [2.45, 2.75) is 31.0 Å². The number of sulfonamides is 1. The zero-order valence-electron chi connectivity index (χ0n) is 21.1. The summed E-state index contributed by atoms with van der Waals surface area (Å²) in [7, 11) is -3.52. The number of aryl methyl sites for hydroxylation is 2. The van der Waals surface area contributed by atoms with Gasteiger partial charge in [-0.25, -0.2) is 8.42 Å². The van der Waals surface area contributed by atoms with Gasteiger partial charge in [0.05, 0.1) is 18.5 Å². The van der Waals surface area contributed by atoms with Crippen molar-refractivity contribution >= 4 is 39.1 Å². The van der Waals surface area contributed by atoms with Crippen LogP contribution in [-0.4, -0.2) is 20.6 Å². The molecule has 0 saturated heterocycles. The Bertz CT molecular complexity index is 1490. The maximum Gasteiger partial charge on any atom is 0.255 e. The van der Waals surface area contributed by atoms with Crippen molar-refractivity contribution in [1.29, 1.82) is 0 Å². The number of hydrogen-bond donors (Lipinski definition) is 1. The van der Waals surface area contributed by atoms with Gasteiger partial charge in [-0.1, -0.05) is 54.6 Å². The maximum absolute atomic E-state index is 12.9. The first-order chi connectivity index (χ1) is 17.7. The van der Waals surface area contributed by atoms with Gasteiger partial charge in [0.1, 0.15) is 0 Å². The highest BCUT2D eigenvalue weighted by atomic mass is 32.2. The number of rotatable bonds is 9. The summed E-state index contributed by atoms with van der Waals surface area (Å²) in [5.74, 6) is 0.603. The molecule has 1 N–H and O–H groups in total. The molecule has 0 radical (unpaired) electrons. The fourth-order valence-corrected chi connectivity index (χ4v) is 5.70. The second-order valence-electron chi connectivity index (χ2n) is 8.95. The van der Waals surface area contributed by atoms with Gasteiger partial charge in [-0.15, -0.1) is 11.8 Å². The maximum atomic E-state index is 12.9. The van der Waals surface area contributed by atoms with Gasteiger partial charge in [-0.3, -0.25) is 9.10 Å². The SMILES string of the molecule is Cc1ccccc1CN(c1ccc(C(=O)Nc2ccc(CSc3ccccc3)cc2C)cc1)S(C)(=O)=O. The molecule has 0 spiro atoms. The minimum atomic E-state index is -3.52. The normalized spacial score (nSPS) is 11.2. The third-order valence-corrected chi connectivity index (χ3v) is 8.30. The van der Waals surface area contributed by atoms with Crippen LogP contribution in [0.25, 0.3) is 0 Å². The van der Waals surface area contributed by atoms with E-state index < -0.39 is 10.0 Å². The molecule has 0 aliphatic heterocycles. The lowest BCUT2D eigenvalue weighted by Crippen LogP contribution is -2.29. The Balaban J connectivity index is 1.44. The molecule has 4 aromatic rings. The Morgan fingerprint density at radius 1 is 0.838 bits per heavy atom. The van der Waals surface area contributed by atoms with Crippen LogP contribution in [0.15, 0.2) is 102 Å². The average molecular weight is 531 g/mol. The van der Waals surface area contributed by atoms with Gasteiger partial charge in [-0.05, 0) is 78.6 Å². The second kappa shape index (κ2) is 11.7. The van der Waals surface area contributed by atoms with Gasteiger partial charge in [0.15, 0.2) is 0 Å². The number of nitrogens with zero attached hydrogens (tertiary/aromatic N) is 1. The van der Waals surface area contributed by atoms with Gasteiger partial charge in [0.25, 0.3) is 5.91 Å². The lowest BCUT2D eigenvalue weighted by molar-refractivity contribution is 0.102. The minimum absolute atomic E-state index is 0.227. The summed E-state index contributed by atoms with van der Waals surface area (Å²) in [6.45, 7) is 4.16. The number of carbonyl (C=O) groups is 1. The molecule has 0 fully saturated rings. The molecule has 1 amide bonds. The van der Waals surface area contributed by atoms with Gasteiger partial charge in [-0.2, -0.15) is 0 Å². The number of benzene rings is 4. The number of hydrogen-bond acceptors (Lipinski definition) is 4. The first kappa shape index (κ1) is 26.5. The zero-order valence-corrected chi connectivity index (χ0v) is 22.8. The van der Waals surface area contributed by atoms with E-state index in [9.17, 15) is 13.2 Å². The molecule has 0 heterocycles. The molecule has 0 saturated carbocycles. The van der Waals surface area contributed by atoms with Gasteiger partial charge in [0, 0.05) is 21.9 Å². The van der Waals surface area contributed by atoms with Crippen LogP contribution in [0.5, 0.6) is 0 Å². The van der Waals surface area contributed by atoms with E-state index in [-0.39, 0.29) is 12.5 Å². The average Bonchev–Trinajstić information content (AvgIpc) is 2.88. The standard InChI is InChI=1S/C30H30N2O3S2/c1-22-9-7-8-10-26(22)20-32(37(3,34)35)27-16-14-25(15-17-27)30(33)31-29-18-13-24(19-23(29)2)21-36-28-11-5-4-6-12-28/h4-19H,20-21H2,1-3H3,(H,31,33). The summed E-state index contributed by atoms with van der Waals surface area (Å²) in [6.07, 6.45) is 1.19. The number of anilines is 2. The van der Waals surface area contributed by atoms with Crippen LogP contribution in [0.3, 0.4) is 0 Å². The molecule has 190 valence electrons. The van der Waals surface area contributed by atoms with Crippen LogP contribution in [0.1, 0.15) is 32.6 Å². The van der Waals surface area contributed by atoms with Crippen molar-refractivity contribution < 1.29 is 13.2 Å². The van der Waals surface area contributed by atoms with Crippen LogP contribution < -0.4 is 9.62 Å². The summed E-state index contributed by atoms with van der Waals surface area (Å²) in [5.41, 5.74) is 5.83. The lowest BCUT2D eigenvalue weighted by atomic mass is 10.1. The molecule has 0 aliphatic carbocycles. The van der Waals surface area contributed by atoms with Crippen LogP contribution in [0.2, 0.25) is 0 Å². The van der Waals surface area contributed by atoms with Gasteiger partial charge >= 0.3 is 0 Å². The van der Waals surface area contributed by atoms with Crippen molar-refractivity contribution in [2.75, 3.05) is 15.9 Å². The van der Waals surface area contributed by atoms with E-state index in [4.69, 9.17) is 0 Å². The largest absolute Gasteiger partial charge is 0.322 e. The number of thioether (sulfide) groups is 1. The number of amides is 1. The Labute approximate surface area is 223 Å². The third-order valence-electron chi connectivity index (χ3n) is 6.08. The van der Waals surface area contributed by atoms with E-state index >= 15 is 0 Å². The molecule has 0 bridgehead atoms. The lowest BCUT2D eigenvalue weighted by Gasteiger charge is -2.23. The smallest absolute Gasteiger partial charge is 0.255 e. The van der Waals surface area contributed by atoms with E-state index in [1.165, 1.54) is 21.0 Å². The molecular weight excluding hydrogens is 500 g/mol. The molecule has 4 rings (SSSR count). The summed E-state index contributed by atoms with van der Waals surface area (Å²) in [4.78, 5) is 14.1. The summed E-state index contributed by atoms with van der Waals surface area (Å²) >= 11 is 1.77. The highest BCUT2D eigenvalue weighted by Gasteiger charge is 2.19. The Hall–Kier alpha value is -3.55. The molecule has 0 unspecified atom stereocenters. The van der Waals surface area contributed by atoms with Crippen molar-refractivity contribution in [3.63, 3.8) is 0 Å². The molecular formula is C30H30N2O3S2. The predicted octanol–water partition coefficient (Wildman–Crippen LogP) is 6.81. The van der Waals surface area contributed by atoms with Crippen molar-refractivity contribution in [3.8, 4) is 0 Å². The van der Waals surface area contributed by atoms with Crippen LogP contribution >= 0.6 is 11.8 Å². The highest BCUT2D eigenvalue weighted by Crippen LogP contribution is 2.26. The topological polar surface area (TPSA) is 66.5 Å². The first-order valence-electron chi connectivity index (χ1n) is 11.9. The molecule has 0 aliphatic rings. The molecule has 0 aromatic heterocycles. The quantitative estimate of drug-likeness (QED) is 0.241. The van der Waals surface area contributed by atoms with E-state index in [1.807, 2.05) is 68.4 Å². The molecule has 0 atom stereocenters. The number of nitrogens with one attached hydrogen (secondary N) is 1. The Kier molecular flexibility index (Phi) is 8.36. The van der Waals surface area contributed by atoms with Crippen LogP contribution in [-0.2, 0) is 22.3 Å². The molecule has 7 heteroatoms.